The number of aryl methyl sites for hydroxylation is 1. The number of carbonyl (C=O) groups excluding carboxylic acids is 1. The predicted molar refractivity (Wildman–Crippen MR) is 185 cm³/mol. The fourth-order valence-corrected chi connectivity index (χ4v) is 9.13. The maximum atomic E-state index is 13.5. The van der Waals surface area contributed by atoms with Gasteiger partial charge in [-0.15, -0.1) is 0 Å². The summed E-state index contributed by atoms with van der Waals surface area (Å²) in [5.41, 5.74) is 3.37. The minimum Gasteiger partial charge on any atom is -0.487 e. The van der Waals surface area contributed by atoms with E-state index in [2.05, 4.69) is 28.6 Å². The van der Waals surface area contributed by atoms with Crippen molar-refractivity contribution in [3.63, 3.8) is 0 Å². The molecule has 2 aromatic rings. The second-order valence-corrected chi connectivity index (χ2v) is 16.8. The Morgan fingerprint density at radius 2 is 1.77 bits per heavy atom. The number of hydrogen-bond acceptors (Lipinski definition) is 8. The largest absolute Gasteiger partial charge is 0.487 e. The van der Waals surface area contributed by atoms with Crippen LogP contribution >= 0.6 is 11.6 Å². The Hall–Kier alpha value is -2.37. The minimum atomic E-state index is -3.92. The van der Waals surface area contributed by atoms with E-state index in [0.717, 1.165) is 62.9 Å². The molecule has 0 radical (unpaired) electrons. The quantitative estimate of drug-likeness (QED) is 0.389. The van der Waals surface area contributed by atoms with Gasteiger partial charge in [-0.1, -0.05) is 24.6 Å². The highest BCUT2D eigenvalue weighted by Crippen LogP contribution is 2.49. The summed E-state index contributed by atoms with van der Waals surface area (Å²) in [7, 11) is 0.191. The Bertz CT molecular complexity index is 1540. The van der Waals surface area contributed by atoms with E-state index in [1.807, 2.05) is 25.1 Å². The lowest BCUT2D eigenvalue weighted by molar-refractivity contribution is -0.329. The van der Waals surface area contributed by atoms with Crippen LogP contribution in [0.1, 0.15) is 80.3 Å². The van der Waals surface area contributed by atoms with E-state index in [1.165, 1.54) is 5.56 Å². The van der Waals surface area contributed by atoms with Gasteiger partial charge in [0.2, 0.25) is 10.0 Å². The second-order valence-electron chi connectivity index (χ2n) is 14.3. The molecule has 6 rings (SSSR count). The summed E-state index contributed by atoms with van der Waals surface area (Å²) < 4.78 is 49.2. The number of ether oxygens (including phenoxy) is 3. The molecule has 3 heterocycles. The summed E-state index contributed by atoms with van der Waals surface area (Å²) in [4.78, 5) is 18.0. The van der Waals surface area contributed by atoms with Crippen molar-refractivity contribution < 1.29 is 27.4 Å². The van der Waals surface area contributed by atoms with Gasteiger partial charge in [-0.2, -0.15) is 0 Å². The smallest absolute Gasteiger partial charge is 0.264 e. The van der Waals surface area contributed by atoms with Gasteiger partial charge in [0, 0.05) is 36.0 Å². The lowest BCUT2D eigenvalue weighted by Crippen LogP contribution is -2.59. The molecule has 1 spiro atoms. The molecule has 4 aliphatic rings. The number of benzene rings is 2. The van der Waals surface area contributed by atoms with E-state index in [9.17, 15) is 13.2 Å². The number of carbonyl (C=O) groups is 1. The molecule has 258 valence electrons. The lowest BCUT2D eigenvalue weighted by Gasteiger charge is -2.53. The molecule has 47 heavy (non-hydrogen) atoms. The molecule has 3 aliphatic heterocycles. The van der Waals surface area contributed by atoms with Crippen molar-refractivity contribution in [3.8, 4) is 5.75 Å². The summed E-state index contributed by atoms with van der Waals surface area (Å²) >= 11 is 6.37. The Morgan fingerprint density at radius 3 is 2.49 bits per heavy atom. The number of fused-ring (bicyclic) bond motifs is 4. The van der Waals surface area contributed by atoms with Gasteiger partial charge in [0.1, 0.15) is 12.4 Å². The second kappa shape index (κ2) is 14.2. The van der Waals surface area contributed by atoms with Crippen molar-refractivity contribution in [2.75, 3.05) is 45.3 Å². The van der Waals surface area contributed by atoms with Gasteiger partial charge in [0.15, 0.2) is 5.79 Å². The van der Waals surface area contributed by atoms with Crippen molar-refractivity contribution in [2.45, 2.75) is 88.9 Å². The molecule has 1 saturated heterocycles. The normalized spacial score (nSPS) is 31.8. The van der Waals surface area contributed by atoms with Crippen LogP contribution < -0.4 is 14.4 Å². The van der Waals surface area contributed by atoms with Gasteiger partial charge >= 0.3 is 0 Å². The average Bonchev–Trinajstić information content (AvgIpc) is 3.05. The van der Waals surface area contributed by atoms with E-state index in [4.69, 9.17) is 25.8 Å². The topological polar surface area (TPSA) is 97.4 Å². The van der Waals surface area contributed by atoms with Gasteiger partial charge in [-0.05, 0) is 119 Å². The molecule has 9 nitrogen and oxygen atoms in total. The molecule has 1 N–H and O–H groups in total. The number of nitrogens with one attached hydrogen (secondary N) is 1. The zero-order valence-electron chi connectivity index (χ0n) is 28.2. The van der Waals surface area contributed by atoms with Crippen molar-refractivity contribution in [3.05, 3.63) is 58.1 Å². The van der Waals surface area contributed by atoms with Crippen LogP contribution in [0.4, 0.5) is 5.69 Å². The van der Waals surface area contributed by atoms with E-state index in [1.54, 1.807) is 25.1 Å². The molecule has 2 fully saturated rings. The first-order valence-electron chi connectivity index (χ1n) is 17.2. The first-order valence-corrected chi connectivity index (χ1v) is 19.2. The summed E-state index contributed by atoms with van der Waals surface area (Å²) in [6.45, 7) is 6.75. The van der Waals surface area contributed by atoms with Crippen LogP contribution in [-0.2, 0) is 32.5 Å². The predicted octanol–water partition coefficient (Wildman–Crippen LogP) is 6.03. The van der Waals surface area contributed by atoms with Crippen molar-refractivity contribution >= 4 is 33.2 Å². The minimum absolute atomic E-state index is 0.158. The fraction of sp³-hybridized carbons (Fsp3) is 0.639. The van der Waals surface area contributed by atoms with Gasteiger partial charge < -0.3 is 24.0 Å². The SMILES string of the molecule is C[C@@H]1[C@@H](C)CCC[C@]2(OC[C@H](N(C)C)CO2)[C@@H]2CC[C@H]2CN2CCCCc3cc(Cl)ccc3COc3ccc(cc32)C(=O)NS1(=O)=O. The molecular weight excluding hydrogens is 638 g/mol. The Morgan fingerprint density at radius 1 is 0.979 bits per heavy atom. The van der Waals surface area contributed by atoms with Crippen LogP contribution in [0.5, 0.6) is 5.75 Å². The maximum absolute atomic E-state index is 13.5. The van der Waals surface area contributed by atoms with E-state index < -0.39 is 27.0 Å². The standard InChI is InChI=1S/C36H50ClN3O6S/c1-24-8-7-16-36(45-22-31(23-46-36)39(3)4)32-14-11-28(32)20-40-17-6-5-9-26-18-30(37)13-10-29(26)21-44-34-15-12-27(19-33(34)40)35(41)38-47(42,43)25(24)2/h10,12-13,15,18-19,24-25,28,31-32H,5-9,11,14,16-17,20-23H2,1-4H3,(H,38,41)/t24-,25+,28-,31-,32+,36+/m0/s1. The zero-order chi connectivity index (χ0) is 33.3. The van der Waals surface area contributed by atoms with Crippen LogP contribution in [0.15, 0.2) is 36.4 Å². The molecule has 2 aromatic carbocycles. The molecule has 1 aliphatic carbocycles. The zero-order valence-corrected chi connectivity index (χ0v) is 29.7. The molecular formula is C36H50ClN3O6S. The number of nitrogens with zero attached hydrogens (tertiary/aromatic N) is 2. The molecule has 4 atom stereocenters. The number of rotatable bonds is 1. The van der Waals surface area contributed by atoms with E-state index >= 15 is 0 Å². The molecule has 0 unspecified atom stereocenters. The van der Waals surface area contributed by atoms with Gasteiger partial charge in [0.25, 0.3) is 5.91 Å². The highest BCUT2D eigenvalue weighted by molar-refractivity contribution is 7.90. The number of hydrogen-bond donors (Lipinski definition) is 1. The lowest BCUT2D eigenvalue weighted by atomic mass is 9.67. The Balaban J connectivity index is 1.38. The summed E-state index contributed by atoms with van der Waals surface area (Å²) in [5.74, 6) is -0.251. The highest BCUT2D eigenvalue weighted by atomic mass is 35.5. The molecule has 2 bridgehead atoms. The van der Waals surface area contributed by atoms with Crippen molar-refractivity contribution in [1.29, 1.82) is 0 Å². The number of anilines is 1. The third kappa shape index (κ3) is 7.47. The number of likely N-dealkylation sites (N-methyl/N-ethyl adjacent to an activating group) is 1. The van der Waals surface area contributed by atoms with Crippen molar-refractivity contribution in [2.24, 2.45) is 17.8 Å². The van der Waals surface area contributed by atoms with Gasteiger partial charge in [-0.3, -0.25) is 4.79 Å². The molecule has 1 amide bonds. The van der Waals surface area contributed by atoms with E-state index in [0.29, 0.717) is 54.9 Å². The monoisotopic (exact) mass is 687 g/mol. The fourth-order valence-electron chi connectivity index (χ4n) is 7.63. The summed E-state index contributed by atoms with van der Waals surface area (Å²) in [5, 5.41) is -0.0280. The van der Waals surface area contributed by atoms with Crippen molar-refractivity contribution in [1.82, 2.24) is 9.62 Å². The molecule has 0 aromatic heterocycles. The van der Waals surface area contributed by atoms with Crippen LogP contribution in [0.25, 0.3) is 0 Å². The number of amides is 1. The van der Waals surface area contributed by atoms with Gasteiger partial charge in [-0.25, -0.2) is 13.1 Å². The van der Waals surface area contributed by atoms with Crippen LogP contribution in [0.3, 0.4) is 0 Å². The first kappa shape index (κ1) is 34.5. The van der Waals surface area contributed by atoms with E-state index in [-0.39, 0.29) is 17.9 Å². The third-order valence-electron chi connectivity index (χ3n) is 11.2. The van der Waals surface area contributed by atoms with Gasteiger partial charge in [0.05, 0.1) is 30.2 Å². The van der Waals surface area contributed by atoms with Crippen LogP contribution in [0, 0.1) is 17.8 Å². The third-order valence-corrected chi connectivity index (χ3v) is 13.3. The number of sulfonamides is 1. The molecule has 11 heteroatoms. The Kier molecular flexibility index (Phi) is 10.4. The summed E-state index contributed by atoms with van der Waals surface area (Å²) in [6, 6.07) is 11.4. The first-order chi connectivity index (χ1) is 22.5. The van der Waals surface area contributed by atoms with Crippen LogP contribution in [-0.4, -0.2) is 76.7 Å². The Labute approximate surface area is 285 Å². The average molecular weight is 688 g/mol. The number of halogens is 1. The summed E-state index contributed by atoms with van der Waals surface area (Å²) in [6.07, 6.45) is 7.07. The maximum Gasteiger partial charge on any atom is 0.264 e. The molecule has 1 saturated carbocycles. The highest BCUT2D eigenvalue weighted by Gasteiger charge is 2.52. The van der Waals surface area contributed by atoms with Crippen LogP contribution in [0.2, 0.25) is 5.02 Å².